The van der Waals surface area contributed by atoms with E-state index in [-0.39, 0.29) is 17.0 Å². The number of likely N-dealkylation sites (tertiary alicyclic amines) is 1. The summed E-state index contributed by atoms with van der Waals surface area (Å²) in [5.74, 6) is 0.269. The zero-order valence-electron chi connectivity index (χ0n) is 20.6. The van der Waals surface area contributed by atoms with E-state index in [9.17, 15) is 9.18 Å². The number of piperidine rings is 1. The van der Waals surface area contributed by atoms with Crippen molar-refractivity contribution in [1.29, 1.82) is 0 Å². The number of fused-ring (bicyclic) bond motifs is 1. The van der Waals surface area contributed by atoms with Crippen LogP contribution in [0.2, 0.25) is 5.02 Å². The number of hydrogen-bond acceptors (Lipinski definition) is 6. The minimum Gasteiger partial charge on any atom is -0.489 e. The van der Waals surface area contributed by atoms with Gasteiger partial charge in [-0.1, -0.05) is 24.1 Å². The first kappa shape index (κ1) is 25.9. The molecule has 4 rings (SSSR count). The SMILES string of the molecule is CC(C)Oc1cc2ncnc(Nc3ccc(F)c(Cl)c3)c2cc1NC(=O)/C=C/CCN1CCCCC1. The number of ether oxygens (including phenoxy) is 1. The molecular formula is C27H31ClFN5O2. The number of aromatic nitrogens is 2. The standard InChI is InChI=1S/C27H31ClFN5O2/c1-18(2)36-25-16-23-20(27(31-17-30-23)32-19-9-10-22(29)21(28)14-19)15-24(25)33-26(35)8-4-7-13-34-11-5-3-6-12-34/h4,8-10,14-18H,3,5-7,11-13H2,1-2H3,(H,33,35)(H,30,31,32)/b8-4+. The predicted molar refractivity (Wildman–Crippen MR) is 143 cm³/mol. The summed E-state index contributed by atoms with van der Waals surface area (Å²) in [6, 6.07) is 7.89. The molecule has 9 heteroatoms. The zero-order chi connectivity index (χ0) is 25.5. The van der Waals surface area contributed by atoms with Crippen LogP contribution in [0.5, 0.6) is 5.75 Å². The van der Waals surface area contributed by atoms with Crippen LogP contribution in [0.1, 0.15) is 39.5 Å². The van der Waals surface area contributed by atoms with Crippen LogP contribution in [-0.4, -0.2) is 46.5 Å². The van der Waals surface area contributed by atoms with Crippen molar-refractivity contribution in [2.24, 2.45) is 0 Å². The van der Waals surface area contributed by atoms with Crippen LogP contribution in [-0.2, 0) is 4.79 Å². The highest BCUT2D eigenvalue weighted by atomic mass is 35.5. The first-order valence-corrected chi connectivity index (χ1v) is 12.6. The van der Waals surface area contributed by atoms with Crippen molar-refractivity contribution < 1.29 is 13.9 Å². The number of carbonyl (C=O) groups excluding carboxylic acids is 1. The summed E-state index contributed by atoms with van der Waals surface area (Å²) in [5, 5.41) is 6.76. The third kappa shape index (κ3) is 6.92. The Morgan fingerprint density at radius 3 is 2.75 bits per heavy atom. The van der Waals surface area contributed by atoms with Crippen LogP contribution in [0, 0.1) is 5.82 Å². The van der Waals surface area contributed by atoms with Crippen molar-refractivity contribution in [3.63, 3.8) is 0 Å². The number of nitrogens with one attached hydrogen (secondary N) is 2. The fourth-order valence-electron chi connectivity index (χ4n) is 4.15. The molecule has 0 spiro atoms. The number of rotatable bonds is 9. The van der Waals surface area contributed by atoms with Gasteiger partial charge in [-0.15, -0.1) is 0 Å². The summed E-state index contributed by atoms with van der Waals surface area (Å²) in [6.07, 6.45) is 9.43. The Morgan fingerprint density at radius 2 is 2.00 bits per heavy atom. The van der Waals surface area contributed by atoms with Gasteiger partial charge in [-0.05, 0) is 76.5 Å². The van der Waals surface area contributed by atoms with E-state index in [0.29, 0.717) is 33.8 Å². The van der Waals surface area contributed by atoms with E-state index in [1.54, 1.807) is 24.3 Å². The Balaban J connectivity index is 1.54. The highest BCUT2D eigenvalue weighted by Crippen LogP contribution is 2.34. The van der Waals surface area contributed by atoms with Gasteiger partial charge in [0.1, 0.15) is 23.7 Å². The van der Waals surface area contributed by atoms with Gasteiger partial charge in [0.2, 0.25) is 5.91 Å². The molecule has 0 saturated carbocycles. The fourth-order valence-corrected chi connectivity index (χ4v) is 4.33. The minimum atomic E-state index is -0.501. The van der Waals surface area contributed by atoms with Gasteiger partial charge in [0.15, 0.2) is 0 Å². The van der Waals surface area contributed by atoms with Crippen LogP contribution in [0.25, 0.3) is 10.9 Å². The van der Waals surface area contributed by atoms with E-state index < -0.39 is 5.82 Å². The summed E-state index contributed by atoms with van der Waals surface area (Å²) < 4.78 is 19.5. The lowest BCUT2D eigenvalue weighted by molar-refractivity contribution is -0.111. The minimum absolute atomic E-state index is 0.00556. The van der Waals surface area contributed by atoms with Gasteiger partial charge in [0, 0.05) is 23.7 Å². The lowest BCUT2D eigenvalue weighted by Crippen LogP contribution is -2.30. The first-order chi connectivity index (χ1) is 17.4. The van der Waals surface area contributed by atoms with Crippen LogP contribution in [0.4, 0.5) is 21.6 Å². The van der Waals surface area contributed by atoms with Crippen molar-refractivity contribution in [3.05, 3.63) is 59.7 Å². The molecule has 7 nitrogen and oxygen atoms in total. The Morgan fingerprint density at radius 1 is 1.19 bits per heavy atom. The van der Waals surface area contributed by atoms with Gasteiger partial charge in [0.25, 0.3) is 0 Å². The second-order valence-electron chi connectivity index (χ2n) is 9.09. The quantitative estimate of drug-likeness (QED) is 0.327. The fraction of sp³-hybridized carbons (Fsp3) is 0.370. The number of amides is 1. The molecule has 0 aliphatic carbocycles. The Hall–Kier alpha value is -3.23. The monoisotopic (exact) mass is 511 g/mol. The van der Waals surface area contributed by atoms with Crippen LogP contribution >= 0.6 is 11.6 Å². The molecule has 0 unspecified atom stereocenters. The molecule has 1 amide bonds. The number of hydrogen-bond donors (Lipinski definition) is 2. The molecule has 1 fully saturated rings. The van der Waals surface area contributed by atoms with Crippen LogP contribution in [0.15, 0.2) is 48.8 Å². The third-order valence-electron chi connectivity index (χ3n) is 5.87. The summed E-state index contributed by atoms with van der Waals surface area (Å²) in [5.41, 5.74) is 1.72. The van der Waals surface area contributed by atoms with E-state index >= 15 is 0 Å². The third-order valence-corrected chi connectivity index (χ3v) is 6.16. The Kier molecular flexibility index (Phi) is 8.72. The Labute approximate surface area is 215 Å². The topological polar surface area (TPSA) is 79.4 Å². The average molecular weight is 512 g/mol. The van der Waals surface area contributed by atoms with Gasteiger partial charge in [-0.3, -0.25) is 4.79 Å². The number of halogens is 2. The maximum absolute atomic E-state index is 13.6. The van der Waals surface area contributed by atoms with Crippen molar-refractivity contribution >= 4 is 45.6 Å². The largest absolute Gasteiger partial charge is 0.489 e. The van der Waals surface area contributed by atoms with E-state index in [1.165, 1.54) is 37.7 Å². The summed E-state index contributed by atoms with van der Waals surface area (Å²) in [4.78, 5) is 23.9. The maximum Gasteiger partial charge on any atom is 0.248 e. The van der Waals surface area contributed by atoms with E-state index in [2.05, 4.69) is 25.5 Å². The molecule has 2 heterocycles. The number of nitrogens with zero attached hydrogens (tertiary/aromatic N) is 3. The molecule has 0 bridgehead atoms. The van der Waals surface area contributed by atoms with Gasteiger partial charge < -0.3 is 20.3 Å². The number of benzene rings is 2. The van der Waals surface area contributed by atoms with Crippen molar-refractivity contribution in [2.75, 3.05) is 30.3 Å². The zero-order valence-corrected chi connectivity index (χ0v) is 21.3. The first-order valence-electron chi connectivity index (χ1n) is 12.3. The molecule has 2 aromatic carbocycles. The molecule has 3 aromatic rings. The maximum atomic E-state index is 13.6. The normalized spacial score (nSPS) is 14.5. The molecule has 2 N–H and O–H groups in total. The lowest BCUT2D eigenvalue weighted by Gasteiger charge is -2.25. The molecule has 0 atom stereocenters. The van der Waals surface area contributed by atoms with Gasteiger partial charge in [0.05, 0.1) is 22.3 Å². The van der Waals surface area contributed by atoms with Crippen molar-refractivity contribution in [3.8, 4) is 5.75 Å². The predicted octanol–water partition coefficient (Wildman–Crippen LogP) is 6.32. The highest BCUT2D eigenvalue weighted by Gasteiger charge is 2.15. The smallest absolute Gasteiger partial charge is 0.248 e. The molecule has 190 valence electrons. The van der Waals surface area contributed by atoms with Crippen molar-refractivity contribution in [2.45, 2.75) is 45.6 Å². The molecule has 1 aliphatic rings. The van der Waals surface area contributed by atoms with E-state index in [4.69, 9.17) is 16.3 Å². The van der Waals surface area contributed by atoms with Crippen LogP contribution < -0.4 is 15.4 Å². The number of anilines is 3. The van der Waals surface area contributed by atoms with Crippen LogP contribution in [0.3, 0.4) is 0 Å². The van der Waals surface area contributed by atoms with Gasteiger partial charge in [-0.25, -0.2) is 14.4 Å². The summed E-state index contributed by atoms with van der Waals surface area (Å²) in [6.45, 7) is 7.06. The van der Waals surface area contributed by atoms with Gasteiger partial charge >= 0.3 is 0 Å². The van der Waals surface area contributed by atoms with Crippen molar-refractivity contribution in [1.82, 2.24) is 14.9 Å². The summed E-state index contributed by atoms with van der Waals surface area (Å²) >= 11 is 5.93. The molecule has 36 heavy (non-hydrogen) atoms. The second-order valence-corrected chi connectivity index (χ2v) is 9.50. The highest BCUT2D eigenvalue weighted by molar-refractivity contribution is 6.31. The molecule has 1 aliphatic heterocycles. The molecule has 0 radical (unpaired) electrons. The van der Waals surface area contributed by atoms with E-state index in [0.717, 1.165) is 26.1 Å². The average Bonchev–Trinajstić information content (AvgIpc) is 2.85. The lowest BCUT2D eigenvalue weighted by atomic mass is 10.1. The Bertz CT molecular complexity index is 1240. The molecule has 1 aromatic heterocycles. The van der Waals surface area contributed by atoms with E-state index in [1.807, 2.05) is 19.9 Å². The summed E-state index contributed by atoms with van der Waals surface area (Å²) in [7, 11) is 0. The number of carbonyl (C=O) groups is 1. The van der Waals surface area contributed by atoms with Gasteiger partial charge in [-0.2, -0.15) is 0 Å². The molecule has 1 saturated heterocycles. The molecular weight excluding hydrogens is 481 g/mol. The second kappa shape index (κ2) is 12.1.